The van der Waals surface area contributed by atoms with Crippen molar-refractivity contribution < 1.29 is 4.84 Å². The molecule has 1 saturated carbocycles. The smallest absolute Gasteiger partial charge is 0.169 e. The molecule has 0 unspecified atom stereocenters. The van der Waals surface area contributed by atoms with Crippen LogP contribution in [0, 0.1) is 0 Å². The SMILES string of the molecule is S=C(NC1CCCCCCC1)N1CCC2(C=C(c3ccccc3)NO2)CC1. The molecular weight excluding hydrogens is 354 g/mol. The van der Waals surface area contributed by atoms with Crippen LogP contribution in [0.5, 0.6) is 0 Å². The van der Waals surface area contributed by atoms with E-state index in [1.807, 2.05) is 6.07 Å². The number of thiocarbonyl (C=S) groups is 1. The van der Waals surface area contributed by atoms with Gasteiger partial charge in [0, 0.05) is 32.0 Å². The van der Waals surface area contributed by atoms with E-state index in [4.69, 9.17) is 17.1 Å². The van der Waals surface area contributed by atoms with Gasteiger partial charge in [0.25, 0.3) is 0 Å². The zero-order chi connectivity index (χ0) is 18.5. The van der Waals surface area contributed by atoms with Gasteiger partial charge in [-0.2, -0.15) is 0 Å². The Balaban J connectivity index is 1.31. The first-order valence-electron chi connectivity index (χ1n) is 10.5. The maximum atomic E-state index is 6.02. The third-order valence-electron chi connectivity index (χ3n) is 6.19. The first-order chi connectivity index (χ1) is 13.2. The molecule has 5 heteroatoms. The number of piperidine rings is 1. The molecule has 1 saturated heterocycles. The standard InChI is InChI=1S/C22H31N3OS/c27-21(23-19-11-7-2-1-3-8-12-19)25-15-13-22(14-16-25)17-20(24-26-22)18-9-5-4-6-10-18/h4-6,9-10,17,19,24H,1-3,7-8,11-16H2,(H,23,27). The van der Waals surface area contributed by atoms with Crippen LogP contribution in [0.2, 0.25) is 0 Å². The van der Waals surface area contributed by atoms with Gasteiger partial charge in [-0.1, -0.05) is 62.4 Å². The van der Waals surface area contributed by atoms with Crippen LogP contribution in [0.3, 0.4) is 0 Å². The normalized spacial score (nSPS) is 23.3. The zero-order valence-corrected chi connectivity index (χ0v) is 16.9. The summed E-state index contributed by atoms with van der Waals surface area (Å²) in [5.41, 5.74) is 5.21. The summed E-state index contributed by atoms with van der Waals surface area (Å²) in [4.78, 5) is 8.35. The molecule has 1 spiro atoms. The number of hydroxylamine groups is 1. The van der Waals surface area contributed by atoms with Crippen molar-refractivity contribution in [1.29, 1.82) is 0 Å². The summed E-state index contributed by atoms with van der Waals surface area (Å²) in [6, 6.07) is 10.9. The molecule has 0 amide bonds. The summed E-state index contributed by atoms with van der Waals surface area (Å²) in [6.45, 7) is 1.89. The Bertz CT molecular complexity index is 659. The molecule has 4 nitrogen and oxygen atoms in total. The lowest BCUT2D eigenvalue weighted by molar-refractivity contribution is -0.0618. The Morgan fingerprint density at radius 3 is 2.41 bits per heavy atom. The Labute approximate surface area is 168 Å². The lowest BCUT2D eigenvalue weighted by Gasteiger charge is -2.39. The number of rotatable bonds is 2. The molecule has 27 heavy (non-hydrogen) atoms. The largest absolute Gasteiger partial charge is 0.360 e. The Kier molecular flexibility index (Phi) is 5.98. The van der Waals surface area contributed by atoms with Crippen molar-refractivity contribution in [2.75, 3.05) is 13.1 Å². The van der Waals surface area contributed by atoms with Gasteiger partial charge in [0.05, 0.1) is 5.70 Å². The Hall–Kier alpha value is -1.59. The van der Waals surface area contributed by atoms with Crippen molar-refractivity contribution in [2.45, 2.75) is 69.4 Å². The van der Waals surface area contributed by atoms with Crippen molar-refractivity contribution >= 4 is 23.0 Å². The van der Waals surface area contributed by atoms with E-state index in [0.29, 0.717) is 6.04 Å². The van der Waals surface area contributed by atoms with Crippen LogP contribution in [0.4, 0.5) is 0 Å². The van der Waals surface area contributed by atoms with Gasteiger partial charge in [0.15, 0.2) is 5.11 Å². The molecule has 2 aliphatic heterocycles. The minimum atomic E-state index is -0.197. The van der Waals surface area contributed by atoms with E-state index < -0.39 is 0 Å². The van der Waals surface area contributed by atoms with E-state index >= 15 is 0 Å². The van der Waals surface area contributed by atoms with Crippen molar-refractivity contribution in [3.8, 4) is 0 Å². The minimum absolute atomic E-state index is 0.197. The molecule has 0 atom stereocenters. The number of nitrogens with one attached hydrogen (secondary N) is 2. The van der Waals surface area contributed by atoms with Gasteiger partial charge in [-0.15, -0.1) is 0 Å². The van der Waals surface area contributed by atoms with Gasteiger partial charge in [0.2, 0.25) is 0 Å². The molecule has 0 radical (unpaired) electrons. The second-order valence-corrected chi connectivity index (χ2v) is 8.56. The highest BCUT2D eigenvalue weighted by atomic mass is 32.1. The summed E-state index contributed by atoms with van der Waals surface area (Å²) in [5, 5.41) is 4.59. The van der Waals surface area contributed by atoms with Gasteiger partial charge in [-0.25, -0.2) is 0 Å². The fourth-order valence-electron chi connectivity index (χ4n) is 4.44. The molecule has 3 aliphatic rings. The number of nitrogens with zero attached hydrogens (tertiary/aromatic N) is 1. The van der Waals surface area contributed by atoms with Gasteiger partial charge < -0.3 is 10.2 Å². The van der Waals surface area contributed by atoms with Crippen LogP contribution in [-0.2, 0) is 4.84 Å². The maximum Gasteiger partial charge on any atom is 0.169 e. The first kappa shape index (κ1) is 18.8. The summed E-state index contributed by atoms with van der Waals surface area (Å²) < 4.78 is 0. The molecule has 0 bridgehead atoms. The molecule has 2 heterocycles. The van der Waals surface area contributed by atoms with Crippen LogP contribution in [0.25, 0.3) is 5.70 Å². The number of hydrogen-bond acceptors (Lipinski definition) is 3. The Morgan fingerprint density at radius 1 is 1.04 bits per heavy atom. The first-order valence-corrected chi connectivity index (χ1v) is 10.9. The Morgan fingerprint density at radius 2 is 1.70 bits per heavy atom. The van der Waals surface area contributed by atoms with Crippen LogP contribution < -0.4 is 10.8 Å². The summed E-state index contributed by atoms with van der Waals surface area (Å²) in [6.07, 6.45) is 13.5. The van der Waals surface area contributed by atoms with Crippen molar-refractivity contribution in [1.82, 2.24) is 15.7 Å². The minimum Gasteiger partial charge on any atom is -0.360 e. The second-order valence-electron chi connectivity index (χ2n) is 8.17. The quantitative estimate of drug-likeness (QED) is 0.739. The van der Waals surface area contributed by atoms with Crippen LogP contribution in [0.1, 0.15) is 63.4 Å². The molecule has 2 N–H and O–H groups in total. The van der Waals surface area contributed by atoms with Crippen molar-refractivity contribution in [2.24, 2.45) is 0 Å². The molecule has 1 aliphatic carbocycles. The summed E-state index contributed by atoms with van der Waals surface area (Å²) >= 11 is 5.74. The van der Waals surface area contributed by atoms with Gasteiger partial charge >= 0.3 is 0 Å². The molecule has 146 valence electrons. The van der Waals surface area contributed by atoms with Crippen LogP contribution >= 0.6 is 12.2 Å². The highest BCUT2D eigenvalue weighted by Gasteiger charge is 2.39. The highest BCUT2D eigenvalue weighted by molar-refractivity contribution is 7.80. The van der Waals surface area contributed by atoms with Crippen molar-refractivity contribution in [3.63, 3.8) is 0 Å². The highest BCUT2D eigenvalue weighted by Crippen LogP contribution is 2.34. The van der Waals surface area contributed by atoms with Crippen LogP contribution in [0.15, 0.2) is 36.4 Å². The van der Waals surface area contributed by atoms with Gasteiger partial charge in [0.1, 0.15) is 5.60 Å². The topological polar surface area (TPSA) is 36.5 Å². The zero-order valence-electron chi connectivity index (χ0n) is 16.1. The van der Waals surface area contributed by atoms with Crippen LogP contribution in [-0.4, -0.2) is 34.7 Å². The van der Waals surface area contributed by atoms with E-state index in [-0.39, 0.29) is 5.60 Å². The summed E-state index contributed by atoms with van der Waals surface area (Å²) in [5.74, 6) is 0. The number of benzene rings is 1. The number of likely N-dealkylation sites (tertiary alicyclic amines) is 1. The fourth-order valence-corrected chi connectivity index (χ4v) is 4.79. The fraction of sp³-hybridized carbons (Fsp3) is 0.591. The maximum absolute atomic E-state index is 6.02. The van der Waals surface area contributed by atoms with E-state index in [1.165, 1.54) is 50.5 Å². The van der Waals surface area contributed by atoms with E-state index in [2.05, 4.69) is 46.0 Å². The lowest BCUT2D eigenvalue weighted by atomic mass is 9.90. The average Bonchev–Trinajstić information content (AvgIpc) is 3.09. The van der Waals surface area contributed by atoms with E-state index in [0.717, 1.165) is 36.7 Å². The third-order valence-corrected chi connectivity index (χ3v) is 6.56. The molecular formula is C22H31N3OS. The molecule has 0 aromatic heterocycles. The van der Waals surface area contributed by atoms with E-state index in [9.17, 15) is 0 Å². The predicted molar refractivity (Wildman–Crippen MR) is 114 cm³/mol. The molecule has 1 aromatic rings. The lowest BCUT2D eigenvalue weighted by Crippen LogP contribution is -2.51. The molecule has 1 aromatic carbocycles. The van der Waals surface area contributed by atoms with E-state index in [1.54, 1.807) is 0 Å². The van der Waals surface area contributed by atoms with Crippen molar-refractivity contribution in [3.05, 3.63) is 42.0 Å². The third kappa shape index (κ3) is 4.64. The number of hydrogen-bond donors (Lipinski definition) is 2. The molecule has 2 fully saturated rings. The van der Waals surface area contributed by atoms with Gasteiger partial charge in [-0.05, 0) is 36.7 Å². The molecule has 4 rings (SSSR count). The predicted octanol–water partition coefficient (Wildman–Crippen LogP) is 4.38. The summed E-state index contributed by atoms with van der Waals surface area (Å²) in [7, 11) is 0. The second kappa shape index (κ2) is 8.61. The average molecular weight is 386 g/mol. The van der Waals surface area contributed by atoms with Gasteiger partial charge in [-0.3, -0.25) is 10.3 Å². The monoisotopic (exact) mass is 385 g/mol.